The number of aryl methyl sites for hydroxylation is 2. The lowest BCUT2D eigenvalue weighted by Gasteiger charge is -2.36. The highest BCUT2D eigenvalue weighted by molar-refractivity contribution is 7.13. The lowest BCUT2D eigenvalue weighted by Crippen LogP contribution is -2.58. The van der Waals surface area contributed by atoms with E-state index in [1.54, 1.807) is 36.6 Å². The highest BCUT2D eigenvalue weighted by atomic mass is 32.1. The van der Waals surface area contributed by atoms with Gasteiger partial charge in [0.1, 0.15) is 30.1 Å². The molecule has 2 saturated heterocycles. The number of likely N-dealkylation sites (tertiary alicyclic amines) is 1. The molecule has 5 N–H and O–H groups in total. The number of aliphatic hydroxyl groups excluding tert-OH is 1. The summed E-state index contributed by atoms with van der Waals surface area (Å²) in [6, 6.07) is 18.7. The molecule has 0 spiro atoms. The average molecular weight is 878 g/mol. The van der Waals surface area contributed by atoms with E-state index in [2.05, 4.69) is 41.0 Å². The SMILES string of the molecule is COc1cc(N2CCC(OCC(=O)N[C@H](C(=O)N3C[C@H](O)C[C@H]3C(=O)NCc3ccc(-c4scnc4C)cc3)C(C)(C)C)CC2)ccc1NC(=O)c1cccc(-c2cc(C)n[nH]2)n1. The Bertz CT molecular complexity index is 2420. The first-order chi connectivity index (χ1) is 30.2. The van der Waals surface area contributed by atoms with Crippen molar-refractivity contribution < 1.29 is 33.8 Å². The number of aliphatic hydroxyl groups is 1. The predicted molar refractivity (Wildman–Crippen MR) is 240 cm³/mol. The van der Waals surface area contributed by atoms with Crippen LogP contribution in [0.4, 0.5) is 11.4 Å². The van der Waals surface area contributed by atoms with Crippen molar-refractivity contribution >= 4 is 46.3 Å². The summed E-state index contributed by atoms with van der Waals surface area (Å²) < 4.78 is 11.7. The number of β-amino-alcohol motifs (C(OH)–C–C–N with tert-alkyl or cyclic N) is 1. The lowest BCUT2D eigenvalue weighted by atomic mass is 9.85. The number of thiazole rings is 1. The number of nitrogens with one attached hydrogen (secondary N) is 4. The fourth-order valence-corrected chi connectivity index (χ4v) is 8.70. The molecule has 0 saturated carbocycles. The van der Waals surface area contributed by atoms with Crippen molar-refractivity contribution in [2.45, 2.75) is 84.7 Å². The Morgan fingerprint density at radius 2 is 1.78 bits per heavy atom. The molecule has 3 aromatic heterocycles. The summed E-state index contributed by atoms with van der Waals surface area (Å²) in [7, 11) is 1.55. The maximum Gasteiger partial charge on any atom is 0.274 e. The van der Waals surface area contributed by atoms with E-state index in [1.165, 1.54) is 4.90 Å². The number of amides is 4. The molecule has 5 heterocycles. The first kappa shape index (κ1) is 44.9. The largest absolute Gasteiger partial charge is 0.494 e. The predicted octanol–water partition coefficient (Wildman–Crippen LogP) is 5.27. The third kappa shape index (κ3) is 10.9. The molecule has 0 unspecified atom stereocenters. The Balaban J connectivity index is 0.888. The van der Waals surface area contributed by atoms with E-state index in [0.29, 0.717) is 43.1 Å². The van der Waals surface area contributed by atoms with Crippen LogP contribution in [0, 0.1) is 19.3 Å². The van der Waals surface area contributed by atoms with Crippen LogP contribution in [0.25, 0.3) is 21.8 Å². The minimum atomic E-state index is -0.964. The molecule has 0 bridgehead atoms. The molecule has 332 valence electrons. The van der Waals surface area contributed by atoms with Crippen LogP contribution in [0.1, 0.15) is 67.5 Å². The Morgan fingerprint density at radius 1 is 1.02 bits per heavy atom. The van der Waals surface area contributed by atoms with Gasteiger partial charge in [-0.05, 0) is 73.6 Å². The van der Waals surface area contributed by atoms with Crippen LogP contribution in [0.2, 0.25) is 0 Å². The maximum absolute atomic E-state index is 14.1. The second-order valence-electron chi connectivity index (χ2n) is 17.1. The number of ether oxygens (including phenoxy) is 2. The highest BCUT2D eigenvalue weighted by Crippen LogP contribution is 2.33. The van der Waals surface area contributed by atoms with E-state index in [-0.39, 0.29) is 49.7 Å². The van der Waals surface area contributed by atoms with Crippen molar-refractivity contribution in [1.29, 1.82) is 0 Å². The molecule has 5 aromatic rings. The molecule has 7 rings (SSSR count). The molecule has 2 fully saturated rings. The number of rotatable bonds is 14. The number of piperidine rings is 1. The summed E-state index contributed by atoms with van der Waals surface area (Å²) in [5, 5.41) is 26.4. The number of H-pyrrole nitrogens is 1. The summed E-state index contributed by atoms with van der Waals surface area (Å²) in [4.78, 5) is 67.6. The fourth-order valence-electron chi connectivity index (χ4n) is 7.89. The van der Waals surface area contributed by atoms with Crippen LogP contribution in [0.5, 0.6) is 5.75 Å². The van der Waals surface area contributed by atoms with Crippen LogP contribution < -0.4 is 25.6 Å². The van der Waals surface area contributed by atoms with Crippen LogP contribution in [-0.4, -0.2) is 111 Å². The zero-order valence-electron chi connectivity index (χ0n) is 36.4. The Hall–Kier alpha value is -6.17. The zero-order valence-corrected chi connectivity index (χ0v) is 37.3. The van der Waals surface area contributed by atoms with Crippen molar-refractivity contribution in [1.82, 2.24) is 35.7 Å². The second kappa shape index (κ2) is 19.5. The van der Waals surface area contributed by atoms with E-state index in [4.69, 9.17) is 9.47 Å². The van der Waals surface area contributed by atoms with Crippen LogP contribution in [-0.2, 0) is 25.7 Å². The summed E-state index contributed by atoms with van der Waals surface area (Å²) in [6.45, 7) is 10.7. The molecular weight excluding hydrogens is 823 g/mol. The van der Waals surface area contributed by atoms with Crippen LogP contribution in [0.3, 0.4) is 0 Å². The van der Waals surface area contributed by atoms with E-state index in [1.807, 2.05) is 88.7 Å². The van der Waals surface area contributed by atoms with Gasteiger partial charge in [0, 0.05) is 44.4 Å². The molecule has 3 atom stereocenters. The van der Waals surface area contributed by atoms with Gasteiger partial charge in [-0.3, -0.25) is 24.3 Å². The maximum atomic E-state index is 14.1. The summed E-state index contributed by atoms with van der Waals surface area (Å²) in [6.07, 6.45) is 0.362. The van der Waals surface area contributed by atoms with E-state index >= 15 is 0 Å². The van der Waals surface area contributed by atoms with E-state index in [0.717, 1.165) is 38.8 Å². The monoisotopic (exact) mass is 877 g/mol. The number of aromatic nitrogens is 4. The smallest absolute Gasteiger partial charge is 0.274 e. The third-order valence-corrected chi connectivity index (χ3v) is 12.3. The highest BCUT2D eigenvalue weighted by Gasteiger charge is 2.44. The number of hydrogen-bond acceptors (Lipinski definition) is 12. The number of pyridine rings is 1. The number of nitrogens with zero attached hydrogens (tertiary/aromatic N) is 5. The molecule has 4 amide bonds. The van der Waals surface area contributed by atoms with Gasteiger partial charge in [-0.2, -0.15) is 5.10 Å². The first-order valence-electron chi connectivity index (χ1n) is 21.1. The van der Waals surface area contributed by atoms with Gasteiger partial charge in [-0.25, -0.2) is 9.97 Å². The van der Waals surface area contributed by atoms with E-state index in [9.17, 15) is 24.3 Å². The van der Waals surface area contributed by atoms with Gasteiger partial charge >= 0.3 is 0 Å². The van der Waals surface area contributed by atoms with Crippen molar-refractivity contribution in [3.8, 4) is 27.6 Å². The molecule has 0 radical (unpaired) electrons. The van der Waals surface area contributed by atoms with Gasteiger partial charge in [0.25, 0.3) is 5.91 Å². The van der Waals surface area contributed by atoms with Gasteiger partial charge in [-0.15, -0.1) is 11.3 Å². The lowest BCUT2D eigenvalue weighted by molar-refractivity contribution is -0.145. The summed E-state index contributed by atoms with van der Waals surface area (Å²) in [5.74, 6) is -1.12. The first-order valence-corrected chi connectivity index (χ1v) is 21.9. The standard InChI is InChI=1S/C46H55N9O7S/c1-27-20-37(53-52-27)34-8-7-9-36(49-34)43(58)50-35-15-14-31(21-39(35)61-6)54-18-16-33(17-19-54)62-25-40(57)51-42(46(3,4)5)45(60)55-24-32(56)22-38(55)44(59)47-23-29-10-12-30(13-11-29)41-28(2)48-26-63-41/h7-15,20-21,26,32-33,38,42,56H,16-19,22-25H2,1-6H3,(H,47,59)(H,50,58)(H,51,57)(H,52,53)/t32-,38+,42-/m1/s1. The molecule has 17 heteroatoms. The van der Waals surface area contributed by atoms with Gasteiger partial charge in [0.15, 0.2) is 0 Å². The van der Waals surface area contributed by atoms with E-state index < -0.39 is 35.4 Å². The van der Waals surface area contributed by atoms with Gasteiger partial charge in [-0.1, -0.05) is 51.1 Å². The molecule has 0 aliphatic carbocycles. The van der Waals surface area contributed by atoms with Gasteiger partial charge in [0.05, 0.1) is 58.2 Å². The number of carbonyl (C=O) groups excluding carboxylic acids is 4. The second-order valence-corrected chi connectivity index (χ2v) is 18.0. The number of anilines is 2. The molecule has 2 aliphatic rings. The summed E-state index contributed by atoms with van der Waals surface area (Å²) >= 11 is 1.57. The number of aromatic amines is 1. The average Bonchev–Trinajstić information content (AvgIpc) is 4.03. The molecule has 2 aromatic carbocycles. The van der Waals surface area contributed by atoms with Crippen LogP contribution in [0.15, 0.2) is 72.2 Å². The minimum Gasteiger partial charge on any atom is -0.494 e. The number of methoxy groups -OCH3 is 1. The molecular formula is C46H55N9O7S. The Labute approximate surface area is 370 Å². The quantitative estimate of drug-likeness (QED) is 0.0973. The minimum absolute atomic E-state index is 0.0143. The zero-order chi connectivity index (χ0) is 44.8. The molecule has 2 aliphatic heterocycles. The van der Waals surface area contributed by atoms with Crippen LogP contribution >= 0.6 is 11.3 Å². The van der Waals surface area contributed by atoms with Gasteiger partial charge < -0.3 is 40.3 Å². The number of benzene rings is 2. The molecule has 16 nitrogen and oxygen atoms in total. The topological polar surface area (TPSA) is 204 Å². The Kier molecular flexibility index (Phi) is 13.9. The summed E-state index contributed by atoms with van der Waals surface area (Å²) in [5.41, 5.74) is 7.84. The Morgan fingerprint density at radius 3 is 2.44 bits per heavy atom. The van der Waals surface area contributed by atoms with Crippen molar-refractivity contribution in [2.75, 3.05) is 43.6 Å². The number of carbonyl (C=O) groups is 4. The van der Waals surface area contributed by atoms with Gasteiger partial charge in [0.2, 0.25) is 17.7 Å². The normalized spacial score (nSPS) is 17.3. The van der Waals surface area contributed by atoms with Crippen molar-refractivity contribution in [2.24, 2.45) is 5.41 Å². The molecule has 63 heavy (non-hydrogen) atoms. The number of hydrogen-bond donors (Lipinski definition) is 5. The third-order valence-electron chi connectivity index (χ3n) is 11.4. The van der Waals surface area contributed by atoms with Crippen molar-refractivity contribution in [3.63, 3.8) is 0 Å². The fraction of sp³-hybridized carbons (Fsp3) is 0.413. The van der Waals surface area contributed by atoms with Crippen molar-refractivity contribution in [3.05, 3.63) is 94.9 Å².